The van der Waals surface area contributed by atoms with E-state index in [4.69, 9.17) is 23.2 Å². The number of sulfonamides is 1. The fraction of sp³-hybridized carbons (Fsp3) is 0.353. The zero-order chi connectivity index (χ0) is 19.6. The van der Waals surface area contributed by atoms with E-state index in [2.05, 4.69) is 5.32 Å². The number of nitrogens with zero attached hydrogens (tertiary/aromatic N) is 2. The fourth-order valence-corrected chi connectivity index (χ4v) is 6.09. The number of halogens is 2. The topological polar surface area (TPSA) is 69.7 Å². The predicted octanol–water partition coefficient (Wildman–Crippen LogP) is 3.83. The molecule has 1 atom stereocenters. The van der Waals surface area contributed by atoms with Crippen molar-refractivity contribution in [1.82, 2.24) is 14.5 Å². The number of carbonyl (C=O) groups excluding carboxylic acids is 1. The van der Waals surface area contributed by atoms with Crippen LogP contribution in [-0.2, 0) is 10.0 Å². The molecule has 146 valence electrons. The Morgan fingerprint density at radius 1 is 1.15 bits per heavy atom. The van der Waals surface area contributed by atoms with Crippen LogP contribution in [0, 0.1) is 0 Å². The highest BCUT2D eigenvalue weighted by molar-refractivity contribution is 7.91. The minimum absolute atomic E-state index is 0.203. The van der Waals surface area contributed by atoms with Crippen molar-refractivity contribution >= 4 is 50.6 Å². The molecule has 0 spiro atoms. The molecule has 0 unspecified atom stereocenters. The van der Waals surface area contributed by atoms with Crippen LogP contribution in [0.3, 0.4) is 0 Å². The molecule has 1 fully saturated rings. The SMILES string of the molecule is C[C@H](NC(=O)N1CCN(S(=O)(=O)c2ccc(Cl)s2)CC1)c1cccc(Cl)c1. The highest BCUT2D eigenvalue weighted by Crippen LogP contribution is 2.28. The number of carbonyl (C=O) groups is 1. The van der Waals surface area contributed by atoms with Gasteiger partial charge >= 0.3 is 6.03 Å². The van der Waals surface area contributed by atoms with Crippen LogP contribution in [0.5, 0.6) is 0 Å². The second-order valence-electron chi connectivity index (χ2n) is 6.18. The van der Waals surface area contributed by atoms with Crippen molar-refractivity contribution in [2.24, 2.45) is 0 Å². The molecule has 1 aliphatic rings. The molecule has 2 heterocycles. The molecule has 1 saturated heterocycles. The zero-order valence-corrected chi connectivity index (χ0v) is 17.7. The average molecular weight is 448 g/mol. The van der Waals surface area contributed by atoms with E-state index in [1.165, 1.54) is 10.4 Å². The van der Waals surface area contributed by atoms with Crippen molar-refractivity contribution in [3.05, 3.63) is 51.3 Å². The summed E-state index contributed by atoms with van der Waals surface area (Å²) in [6, 6.07) is 9.97. The third-order valence-electron chi connectivity index (χ3n) is 4.36. The number of amides is 2. The van der Waals surface area contributed by atoms with Crippen LogP contribution < -0.4 is 5.32 Å². The monoisotopic (exact) mass is 447 g/mol. The quantitative estimate of drug-likeness (QED) is 0.773. The summed E-state index contributed by atoms with van der Waals surface area (Å²) in [5, 5.41) is 3.54. The first-order valence-corrected chi connectivity index (χ1v) is 11.3. The van der Waals surface area contributed by atoms with Crippen LogP contribution in [-0.4, -0.2) is 49.8 Å². The molecule has 2 aromatic rings. The molecule has 1 aromatic heterocycles. The Balaban J connectivity index is 1.58. The predicted molar refractivity (Wildman–Crippen MR) is 108 cm³/mol. The lowest BCUT2D eigenvalue weighted by Gasteiger charge is -2.34. The number of hydrogen-bond acceptors (Lipinski definition) is 4. The van der Waals surface area contributed by atoms with Crippen molar-refractivity contribution in [2.45, 2.75) is 17.2 Å². The molecule has 6 nitrogen and oxygen atoms in total. The van der Waals surface area contributed by atoms with Crippen LogP contribution in [0.2, 0.25) is 9.36 Å². The van der Waals surface area contributed by atoms with Gasteiger partial charge in [-0.1, -0.05) is 35.3 Å². The van der Waals surface area contributed by atoms with E-state index in [1.807, 2.05) is 25.1 Å². The van der Waals surface area contributed by atoms with Crippen LogP contribution >= 0.6 is 34.5 Å². The summed E-state index contributed by atoms with van der Waals surface area (Å²) in [7, 11) is -3.57. The van der Waals surface area contributed by atoms with Gasteiger partial charge in [-0.05, 0) is 36.8 Å². The largest absolute Gasteiger partial charge is 0.331 e. The summed E-state index contributed by atoms with van der Waals surface area (Å²) in [4.78, 5) is 14.1. The summed E-state index contributed by atoms with van der Waals surface area (Å²) in [5.41, 5.74) is 0.909. The van der Waals surface area contributed by atoms with Gasteiger partial charge in [-0.25, -0.2) is 13.2 Å². The van der Waals surface area contributed by atoms with Gasteiger partial charge in [-0.3, -0.25) is 0 Å². The lowest BCUT2D eigenvalue weighted by molar-refractivity contribution is 0.169. The first-order valence-electron chi connectivity index (χ1n) is 8.34. The van der Waals surface area contributed by atoms with E-state index in [0.29, 0.717) is 22.4 Å². The Hall–Kier alpha value is -1.32. The van der Waals surface area contributed by atoms with Crippen LogP contribution in [0.15, 0.2) is 40.6 Å². The molecule has 27 heavy (non-hydrogen) atoms. The summed E-state index contributed by atoms with van der Waals surface area (Å²) >= 11 is 12.9. The minimum atomic E-state index is -3.57. The smallest absolute Gasteiger partial charge is 0.317 e. The summed E-state index contributed by atoms with van der Waals surface area (Å²) in [6.45, 7) is 3.03. The molecule has 3 rings (SSSR count). The van der Waals surface area contributed by atoms with Gasteiger partial charge in [0.25, 0.3) is 10.0 Å². The molecule has 1 N–H and O–H groups in total. The standard InChI is InChI=1S/C17H19Cl2N3O3S2/c1-12(13-3-2-4-14(18)11-13)20-17(23)21-7-9-22(10-8-21)27(24,25)16-6-5-15(19)26-16/h2-6,11-12H,7-10H2,1H3,(H,20,23)/t12-/m0/s1. The van der Waals surface area contributed by atoms with Crippen molar-refractivity contribution < 1.29 is 13.2 Å². The van der Waals surface area contributed by atoms with Crippen molar-refractivity contribution in [3.8, 4) is 0 Å². The number of rotatable bonds is 4. The molecule has 0 saturated carbocycles. The Bertz CT molecular complexity index is 925. The molecule has 0 aliphatic carbocycles. The highest BCUT2D eigenvalue weighted by atomic mass is 35.5. The number of benzene rings is 1. The number of urea groups is 1. The van der Waals surface area contributed by atoms with E-state index in [1.54, 1.807) is 17.0 Å². The second-order valence-corrected chi connectivity index (χ2v) is 10.5. The minimum Gasteiger partial charge on any atom is -0.331 e. The van der Waals surface area contributed by atoms with Crippen LogP contribution in [0.1, 0.15) is 18.5 Å². The van der Waals surface area contributed by atoms with Crippen LogP contribution in [0.25, 0.3) is 0 Å². The Kier molecular flexibility index (Phi) is 6.32. The first kappa shape index (κ1) is 20.4. The van der Waals surface area contributed by atoms with Gasteiger partial charge in [-0.15, -0.1) is 11.3 Å². The number of piperazine rings is 1. The molecule has 1 aromatic carbocycles. The lowest BCUT2D eigenvalue weighted by atomic mass is 10.1. The second kappa shape index (κ2) is 8.36. The van der Waals surface area contributed by atoms with Gasteiger partial charge in [0.05, 0.1) is 10.4 Å². The molecule has 0 bridgehead atoms. The van der Waals surface area contributed by atoms with E-state index in [0.717, 1.165) is 16.9 Å². The highest BCUT2D eigenvalue weighted by Gasteiger charge is 2.31. The summed E-state index contributed by atoms with van der Waals surface area (Å²) in [6.07, 6.45) is 0. The third-order valence-corrected chi connectivity index (χ3v) is 8.19. The van der Waals surface area contributed by atoms with Crippen LogP contribution in [0.4, 0.5) is 4.79 Å². The molecule has 10 heteroatoms. The third kappa shape index (κ3) is 4.75. The van der Waals surface area contributed by atoms with E-state index < -0.39 is 10.0 Å². The summed E-state index contributed by atoms with van der Waals surface area (Å²) < 4.78 is 27.3. The Labute approximate surface area is 172 Å². The maximum atomic E-state index is 12.6. The van der Waals surface area contributed by atoms with Gasteiger partial charge in [-0.2, -0.15) is 4.31 Å². The molecule has 0 radical (unpaired) electrons. The van der Waals surface area contributed by atoms with Gasteiger partial charge < -0.3 is 10.2 Å². The fourth-order valence-electron chi connectivity index (χ4n) is 2.83. The number of hydrogen-bond donors (Lipinski definition) is 1. The molecular formula is C17H19Cl2N3O3S2. The zero-order valence-electron chi connectivity index (χ0n) is 14.6. The van der Waals surface area contributed by atoms with Gasteiger partial charge in [0, 0.05) is 31.2 Å². The lowest BCUT2D eigenvalue weighted by Crippen LogP contribution is -2.53. The molecule has 2 amide bonds. The van der Waals surface area contributed by atoms with E-state index >= 15 is 0 Å². The van der Waals surface area contributed by atoms with Gasteiger partial charge in [0.1, 0.15) is 4.21 Å². The Morgan fingerprint density at radius 3 is 2.44 bits per heavy atom. The van der Waals surface area contributed by atoms with Gasteiger partial charge in [0.2, 0.25) is 0 Å². The molecule has 1 aliphatic heterocycles. The summed E-state index contributed by atoms with van der Waals surface area (Å²) in [5.74, 6) is 0. The van der Waals surface area contributed by atoms with Crippen molar-refractivity contribution in [1.29, 1.82) is 0 Å². The van der Waals surface area contributed by atoms with E-state index in [9.17, 15) is 13.2 Å². The van der Waals surface area contributed by atoms with Crippen molar-refractivity contribution in [2.75, 3.05) is 26.2 Å². The first-order chi connectivity index (χ1) is 12.8. The number of thiophene rings is 1. The number of nitrogens with one attached hydrogen (secondary N) is 1. The van der Waals surface area contributed by atoms with Crippen molar-refractivity contribution in [3.63, 3.8) is 0 Å². The van der Waals surface area contributed by atoms with E-state index in [-0.39, 0.29) is 29.4 Å². The maximum Gasteiger partial charge on any atom is 0.317 e. The molecular weight excluding hydrogens is 429 g/mol. The Morgan fingerprint density at radius 2 is 1.85 bits per heavy atom. The average Bonchev–Trinajstić information content (AvgIpc) is 3.09. The van der Waals surface area contributed by atoms with Gasteiger partial charge in [0.15, 0.2) is 0 Å². The maximum absolute atomic E-state index is 12.6. The normalized spacial score (nSPS) is 16.9.